The predicted octanol–water partition coefficient (Wildman–Crippen LogP) is 4.08. The molecular weight excluding hydrogens is 419 g/mol. The summed E-state index contributed by atoms with van der Waals surface area (Å²) in [6.07, 6.45) is 5.41. The number of hydrogen-bond acceptors (Lipinski definition) is 4. The molecule has 3 aromatic carbocycles. The van der Waals surface area contributed by atoms with Crippen molar-refractivity contribution in [3.63, 3.8) is 0 Å². The summed E-state index contributed by atoms with van der Waals surface area (Å²) in [6.45, 7) is 1.96. The Kier molecular flexibility index (Phi) is 6.47. The van der Waals surface area contributed by atoms with Crippen LogP contribution in [0.3, 0.4) is 0 Å². The molecule has 0 aliphatic carbocycles. The van der Waals surface area contributed by atoms with Crippen LogP contribution in [0.2, 0.25) is 0 Å². The van der Waals surface area contributed by atoms with Crippen molar-refractivity contribution >= 4 is 38.1 Å². The first-order valence-corrected chi connectivity index (χ1v) is 10.9. The van der Waals surface area contributed by atoms with Gasteiger partial charge in [-0.3, -0.25) is 9.52 Å². The summed E-state index contributed by atoms with van der Waals surface area (Å²) in [5, 5.41) is 10.5. The Labute approximate surface area is 180 Å². The Hall–Kier alpha value is -3.57. The van der Waals surface area contributed by atoms with Gasteiger partial charge in [0, 0.05) is 22.5 Å². The van der Waals surface area contributed by atoms with Crippen molar-refractivity contribution < 1.29 is 22.7 Å². The number of halogens is 1. The smallest absolute Gasteiger partial charge is 0.305 e. The molecule has 0 saturated heterocycles. The lowest BCUT2D eigenvalue weighted by Crippen LogP contribution is -2.35. The van der Waals surface area contributed by atoms with Crippen molar-refractivity contribution in [3.8, 4) is 12.3 Å². The fourth-order valence-corrected chi connectivity index (χ4v) is 4.46. The minimum atomic E-state index is -3.94. The first-order valence-electron chi connectivity index (χ1n) is 9.45. The Bertz CT molecular complexity index is 1250. The second kappa shape index (κ2) is 9.06. The molecule has 1 atom stereocenters. The van der Waals surface area contributed by atoms with Gasteiger partial charge in [0.1, 0.15) is 5.82 Å². The molecule has 0 unspecified atom stereocenters. The van der Waals surface area contributed by atoms with Crippen LogP contribution in [-0.2, 0) is 14.8 Å². The fourth-order valence-electron chi connectivity index (χ4n) is 3.38. The molecule has 0 spiro atoms. The number of hydrogen-bond donors (Lipinski definition) is 2. The van der Waals surface area contributed by atoms with E-state index in [0.29, 0.717) is 22.1 Å². The summed E-state index contributed by atoms with van der Waals surface area (Å²) >= 11 is 0. The standard InChI is InChI=1S/C23H21FN2O4S/c1-3-14-26(16(2)15-23(27)28)22-13-12-21(19-6-4-5-7-20(19)22)25-31(29,30)18-10-8-17(24)9-11-18/h1,4-13,16,25H,14-15H2,2H3,(H,27,28)/t16-/m0/s1. The monoisotopic (exact) mass is 440 g/mol. The van der Waals surface area contributed by atoms with Crippen LogP contribution in [0.5, 0.6) is 0 Å². The summed E-state index contributed by atoms with van der Waals surface area (Å²) in [5.74, 6) is 1.08. The number of fused-ring (bicyclic) bond motifs is 1. The van der Waals surface area contributed by atoms with Gasteiger partial charge >= 0.3 is 5.97 Å². The highest BCUT2D eigenvalue weighted by Crippen LogP contribution is 2.34. The fraction of sp³-hybridized carbons (Fsp3) is 0.174. The van der Waals surface area contributed by atoms with Gasteiger partial charge in [-0.05, 0) is 43.3 Å². The highest BCUT2D eigenvalue weighted by Gasteiger charge is 2.21. The van der Waals surface area contributed by atoms with Crippen LogP contribution in [0.15, 0.2) is 65.6 Å². The number of rotatable bonds is 8. The lowest BCUT2D eigenvalue weighted by atomic mass is 10.0. The van der Waals surface area contributed by atoms with Crippen molar-refractivity contribution in [1.29, 1.82) is 0 Å². The minimum Gasteiger partial charge on any atom is -0.481 e. The maximum atomic E-state index is 13.2. The number of carboxylic acid groups (broad SMARTS) is 1. The van der Waals surface area contributed by atoms with Gasteiger partial charge in [-0.15, -0.1) is 6.42 Å². The summed E-state index contributed by atoms with van der Waals surface area (Å²) in [4.78, 5) is 12.9. The van der Waals surface area contributed by atoms with Gasteiger partial charge in [0.15, 0.2) is 0 Å². The summed E-state index contributed by atoms with van der Waals surface area (Å²) in [6, 6.07) is 14.6. The molecule has 0 bridgehead atoms. The highest BCUT2D eigenvalue weighted by atomic mass is 32.2. The molecule has 2 N–H and O–H groups in total. The molecule has 0 amide bonds. The Morgan fingerprint density at radius 1 is 1.13 bits per heavy atom. The minimum absolute atomic E-state index is 0.0638. The molecule has 3 rings (SSSR count). The lowest BCUT2D eigenvalue weighted by molar-refractivity contribution is -0.137. The Morgan fingerprint density at radius 3 is 2.39 bits per heavy atom. The molecule has 8 heteroatoms. The number of nitrogens with zero attached hydrogens (tertiary/aromatic N) is 1. The molecule has 0 aromatic heterocycles. The molecule has 0 aliphatic heterocycles. The molecule has 0 heterocycles. The zero-order chi connectivity index (χ0) is 22.6. The Morgan fingerprint density at radius 2 is 1.77 bits per heavy atom. The van der Waals surface area contributed by atoms with Crippen LogP contribution < -0.4 is 9.62 Å². The van der Waals surface area contributed by atoms with E-state index in [-0.39, 0.29) is 23.9 Å². The molecule has 160 valence electrons. The van der Waals surface area contributed by atoms with Gasteiger partial charge in [-0.2, -0.15) is 0 Å². The first kappa shape index (κ1) is 22.1. The molecule has 6 nitrogen and oxygen atoms in total. The SMILES string of the molecule is C#CCN(c1ccc(NS(=O)(=O)c2ccc(F)cc2)c2ccccc12)[C@@H](C)CC(=O)O. The Balaban J connectivity index is 2.06. The lowest BCUT2D eigenvalue weighted by Gasteiger charge is -2.30. The molecule has 0 aliphatic rings. The molecule has 0 fully saturated rings. The molecular formula is C23H21FN2O4S. The van der Waals surface area contributed by atoms with Gasteiger partial charge in [-0.1, -0.05) is 30.2 Å². The quantitative estimate of drug-likeness (QED) is 0.516. The van der Waals surface area contributed by atoms with Crippen LogP contribution >= 0.6 is 0 Å². The molecule has 3 aromatic rings. The number of anilines is 2. The van der Waals surface area contributed by atoms with E-state index in [1.54, 1.807) is 42.2 Å². The van der Waals surface area contributed by atoms with Gasteiger partial charge in [0.2, 0.25) is 0 Å². The maximum absolute atomic E-state index is 13.2. The zero-order valence-corrected chi connectivity index (χ0v) is 17.6. The number of carboxylic acids is 1. The highest BCUT2D eigenvalue weighted by molar-refractivity contribution is 7.92. The van der Waals surface area contributed by atoms with Crippen molar-refractivity contribution in [2.45, 2.75) is 24.3 Å². The second-order valence-electron chi connectivity index (χ2n) is 7.02. The van der Waals surface area contributed by atoms with E-state index in [4.69, 9.17) is 6.42 Å². The number of carbonyl (C=O) groups is 1. The summed E-state index contributed by atoms with van der Waals surface area (Å²) in [5.41, 5.74) is 1.04. The normalized spacial score (nSPS) is 12.2. The van der Waals surface area contributed by atoms with Crippen LogP contribution in [0.4, 0.5) is 15.8 Å². The third kappa shape index (κ3) is 4.95. The van der Waals surface area contributed by atoms with E-state index >= 15 is 0 Å². The summed E-state index contributed by atoms with van der Waals surface area (Å²) < 4.78 is 41.3. The second-order valence-corrected chi connectivity index (χ2v) is 8.70. The molecule has 31 heavy (non-hydrogen) atoms. The van der Waals surface area contributed by atoms with Crippen molar-refractivity contribution in [3.05, 3.63) is 66.5 Å². The number of sulfonamides is 1. The largest absolute Gasteiger partial charge is 0.481 e. The third-order valence-electron chi connectivity index (χ3n) is 4.84. The van der Waals surface area contributed by atoms with E-state index in [2.05, 4.69) is 10.6 Å². The first-order chi connectivity index (χ1) is 14.7. The van der Waals surface area contributed by atoms with E-state index in [1.807, 2.05) is 6.07 Å². The van der Waals surface area contributed by atoms with Crippen LogP contribution in [0.25, 0.3) is 10.8 Å². The predicted molar refractivity (Wildman–Crippen MR) is 119 cm³/mol. The van der Waals surface area contributed by atoms with Crippen molar-refractivity contribution in [2.75, 3.05) is 16.2 Å². The number of benzene rings is 3. The van der Waals surface area contributed by atoms with E-state index in [1.165, 1.54) is 12.1 Å². The maximum Gasteiger partial charge on any atom is 0.305 e. The number of aliphatic carboxylic acids is 1. The van der Waals surface area contributed by atoms with E-state index in [0.717, 1.165) is 12.1 Å². The van der Waals surface area contributed by atoms with Crippen LogP contribution in [-0.4, -0.2) is 32.1 Å². The van der Waals surface area contributed by atoms with Gasteiger partial charge in [-0.25, -0.2) is 12.8 Å². The summed E-state index contributed by atoms with van der Waals surface area (Å²) in [7, 11) is -3.94. The van der Waals surface area contributed by atoms with Crippen LogP contribution in [0, 0.1) is 18.2 Å². The molecule has 0 radical (unpaired) electrons. The molecule has 0 saturated carbocycles. The average molecular weight is 440 g/mol. The van der Waals surface area contributed by atoms with Crippen LogP contribution in [0.1, 0.15) is 13.3 Å². The number of nitrogens with one attached hydrogen (secondary N) is 1. The average Bonchev–Trinajstić information content (AvgIpc) is 2.72. The number of terminal acetylenes is 1. The van der Waals surface area contributed by atoms with Gasteiger partial charge in [0.05, 0.1) is 23.5 Å². The van der Waals surface area contributed by atoms with Crippen molar-refractivity contribution in [1.82, 2.24) is 0 Å². The third-order valence-corrected chi connectivity index (χ3v) is 6.22. The van der Waals surface area contributed by atoms with Crippen molar-refractivity contribution in [2.24, 2.45) is 0 Å². The topological polar surface area (TPSA) is 86.7 Å². The van der Waals surface area contributed by atoms with E-state index in [9.17, 15) is 22.7 Å². The zero-order valence-electron chi connectivity index (χ0n) is 16.7. The van der Waals surface area contributed by atoms with Gasteiger partial charge < -0.3 is 10.0 Å². The van der Waals surface area contributed by atoms with Gasteiger partial charge in [0.25, 0.3) is 10.0 Å². The van der Waals surface area contributed by atoms with E-state index < -0.39 is 21.8 Å².